The first kappa shape index (κ1) is 21.2. The van der Waals surface area contributed by atoms with Crippen molar-refractivity contribution in [2.75, 3.05) is 32.2 Å². The lowest BCUT2D eigenvalue weighted by molar-refractivity contribution is -0.116. The van der Waals surface area contributed by atoms with E-state index in [9.17, 15) is 13.2 Å². The molecule has 146 valence electrons. The van der Waals surface area contributed by atoms with Gasteiger partial charge in [0, 0.05) is 24.4 Å². The highest BCUT2D eigenvalue weighted by atomic mass is 35.5. The van der Waals surface area contributed by atoms with Gasteiger partial charge in [0.05, 0.1) is 24.5 Å². The molecule has 0 saturated carbocycles. The second kappa shape index (κ2) is 10.3. The molecule has 2 aromatic carbocycles. The molecule has 27 heavy (non-hydrogen) atoms. The van der Waals surface area contributed by atoms with Gasteiger partial charge in [0.1, 0.15) is 5.75 Å². The van der Waals surface area contributed by atoms with E-state index in [4.69, 9.17) is 21.1 Å². The summed E-state index contributed by atoms with van der Waals surface area (Å²) in [6.07, 6.45) is 0.154. The van der Waals surface area contributed by atoms with Crippen LogP contribution in [0.4, 0.5) is 5.69 Å². The van der Waals surface area contributed by atoms with Crippen molar-refractivity contribution in [2.45, 2.75) is 11.3 Å². The molecule has 0 aromatic heterocycles. The van der Waals surface area contributed by atoms with Crippen molar-refractivity contribution < 1.29 is 22.7 Å². The lowest BCUT2D eigenvalue weighted by Crippen LogP contribution is -2.27. The first-order chi connectivity index (χ1) is 12.9. The van der Waals surface area contributed by atoms with E-state index < -0.39 is 10.0 Å². The number of nitrogens with one attached hydrogen (secondary N) is 2. The Morgan fingerprint density at radius 1 is 1.04 bits per heavy atom. The van der Waals surface area contributed by atoms with Gasteiger partial charge in [-0.3, -0.25) is 4.79 Å². The Labute approximate surface area is 163 Å². The zero-order valence-corrected chi connectivity index (χ0v) is 16.3. The number of hydrogen-bond donors (Lipinski definition) is 2. The number of rotatable bonds is 10. The summed E-state index contributed by atoms with van der Waals surface area (Å²) < 4.78 is 36.8. The van der Waals surface area contributed by atoms with Crippen molar-refractivity contribution in [1.29, 1.82) is 0 Å². The maximum atomic E-state index is 12.1. The summed E-state index contributed by atoms with van der Waals surface area (Å²) in [4.78, 5) is 12.1. The fourth-order valence-corrected chi connectivity index (χ4v) is 3.23. The van der Waals surface area contributed by atoms with Gasteiger partial charge in [0.2, 0.25) is 15.9 Å². The molecule has 0 spiro atoms. The average molecular weight is 413 g/mol. The van der Waals surface area contributed by atoms with Gasteiger partial charge in [0.15, 0.2) is 0 Å². The maximum absolute atomic E-state index is 12.1. The highest BCUT2D eigenvalue weighted by molar-refractivity contribution is 7.89. The normalized spacial score (nSPS) is 11.2. The lowest BCUT2D eigenvalue weighted by Gasteiger charge is -2.09. The summed E-state index contributed by atoms with van der Waals surface area (Å²) in [5.41, 5.74) is 0.502. The van der Waals surface area contributed by atoms with Gasteiger partial charge in [-0.15, -0.1) is 0 Å². The second-order valence-electron chi connectivity index (χ2n) is 5.52. The Bertz CT molecular complexity index is 839. The highest BCUT2D eigenvalue weighted by Gasteiger charge is 2.13. The molecule has 9 heteroatoms. The average Bonchev–Trinajstić information content (AvgIpc) is 2.64. The first-order valence-electron chi connectivity index (χ1n) is 8.17. The summed E-state index contributed by atoms with van der Waals surface area (Å²) in [5, 5.41) is 3.30. The molecular weight excluding hydrogens is 392 g/mol. The Kier molecular flexibility index (Phi) is 8.05. The molecule has 0 atom stereocenters. The molecule has 0 saturated heterocycles. The van der Waals surface area contributed by atoms with E-state index in [2.05, 4.69) is 10.0 Å². The minimum absolute atomic E-state index is 0.114. The van der Waals surface area contributed by atoms with Gasteiger partial charge >= 0.3 is 0 Å². The summed E-state index contributed by atoms with van der Waals surface area (Å²) >= 11 is 5.79. The first-order valence-corrected chi connectivity index (χ1v) is 10.0. The van der Waals surface area contributed by atoms with Crippen LogP contribution in [0.3, 0.4) is 0 Å². The van der Waals surface area contributed by atoms with Crippen LogP contribution in [0.5, 0.6) is 5.75 Å². The number of amides is 1. The number of anilines is 1. The van der Waals surface area contributed by atoms with Crippen molar-refractivity contribution in [3.05, 3.63) is 53.6 Å². The van der Waals surface area contributed by atoms with E-state index in [-0.39, 0.29) is 37.0 Å². The Balaban J connectivity index is 1.81. The SMILES string of the molecule is COCCNS(=O)(=O)c1ccc(NC(=O)CCOc2ccc(Cl)cc2)cc1. The molecule has 2 aromatic rings. The zero-order chi connectivity index (χ0) is 19.7. The zero-order valence-electron chi connectivity index (χ0n) is 14.8. The van der Waals surface area contributed by atoms with E-state index in [0.717, 1.165) is 0 Å². The molecule has 0 aliphatic rings. The molecule has 2 rings (SSSR count). The quantitative estimate of drug-likeness (QED) is 0.585. The van der Waals surface area contributed by atoms with E-state index in [1.54, 1.807) is 24.3 Å². The molecule has 0 aliphatic carbocycles. The number of benzene rings is 2. The van der Waals surface area contributed by atoms with Gasteiger partial charge in [-0.2, -0.15) is 0 Å². The lowest BCUT2D eigenvalue weighted by atomic mass is 10.3. The summed E-state index contributed by atoms with van der Waals surface area (Å²) in [6, 6.07) is 12.8. The van der Waals surface area contributed by atoms with E-state index in [1.165, 1.54) is 31.4 Å². The molecule has 0 unspecified atom stereocenters. The van der Waals surface area contributed by atoms with Crippen LogP contribution in [0.1, 0.15) is 6.42 Å². The number of hydrogen-bond acceptors (Lipinski definition) is 5. The third-order valence-electron chi connectivity index (χ3n) is 3.46. The predicted octanol–water partition coefficient (Wildman–Crippen LogP) is 2.67. The van der Waals surface area contributed by atoms with Crippen molar-refractivity contribution in [1.82, 2.24) is 4.72 Å². The summed E-state index contributed by atoms with van der Waals surface area (Å²) in [5.74, 6) is 0.389. The van der Waals surface area contributed by atoms with Gasteiger partial charge in [0.25, 0.3) is 0 Å². The van der Waals surface area contributed by atoms with E-state index >= 15 is 0 Å². The van der Waals surface area contributed by atoms with Crippen LogP contribution in [0, 0.1) is 0 Å². The van der Waals surface area contributed by atoms with Crippen molar-refractivity contribution in [3.8, 4) is 5.75 Å². The van der Waals surface area contributed by atoms with E-state index in [0.29, 0.717) is 16.5 Å². The summed E-state index contributed by atoms with van der Waals surface area (Å²) in [7, 11) is -2.11. The van der Waals surface area contributed by atoms with Crippen molar-refractivity contribution in [3.63, 3.8) is 0 Å². The molecule has 7 nitrogen and oxygen atoms in total. The minimum Gasteiger partial charge on any atom is -0.493 e. The molecule has 0 aliphatic heterocycles. The van der Waals surface area contributed by atoms with Crippen LogP contribution in [-0.4, -0.2) is 41.2 Å². The van der Waals surface area contributed by atoms with Gasteiger partial charge in [-0.25, -0.2) is 13.1 Å². The smallest absolute Gasteiger partial charge is 0.240 e. The fraction of sp³-hybridized carbons (Fsp3) is 0.278. The standard InChI is InChI=1S/C18H21ClN2O5S/c1-25-13-11-20-27(23,24)17-8-4-15(5-9-17)21-18(22)10-12-26-16-6-2-14(19)3-7-16/h2-9,20H,10-13H2,1H3,(H,21,22). The van der Waals surface area contributed by atoms with E-state index in [1.807, 2.05) is 0 Å². The number of ether oxygens (including phenoxy) is 2. The van der Waals surface area contributed by atoms with Crippen molar-refractivity contribution in [2.24, 2.45) is 0 Å². The minimum atomic E-state index is -3.60. The van der Waals surface area contributed by atoms with Crippen LogP contribution in [0.2, 0.25) is 5.02 Å². The molecule has 2 N–H and O–H groups in total. The third-order valence-corrected chi connectivity index (χ3v) is 5.19. The number of methoxy groups -OCH3 is 1. The van der Waals surface area contributed by atoms with Gasteiger partial charge in [-0.1, -0.05) is 11.6 Å². The Morgan fingerprint density at radius 3 is 2.33 bits per heavy atom. The van der Waals surface area contributed by atoms with Gasteiger partial charge in [-0.05, 0) is 48.5 Å². The Morgan fingerprint density at radius 2 is 1.70 bits per heavy atom. The van der Waals surface area contributed by atoms with Gasteiger partial charge < -0.3 is 14.8 Å². The number of sulfonamides is 1. The number of carbonyl (C=O) groups excluding carboxylic acids is 1. The van der Waals surface area contributed by atoms with Crippen LogP contribution in [-0.2, 0) is 19.6 Å². The van der Waals surface area contributed by atoms with Crippen LogP contribution in [0.15, 0.2) is 53.4 Å². The fourth-order valence-electron chi connectivity index (χ4n) is 2.09. The molecule has 0 bridgehead atoms. The molecule has 0 radical (unpaired) electrons. The summed E-state index contributed by atoms with van der Waals surface area (Å²) in [6.45, 7) is 0.680. The monoisotopic (exact) mass is 412 g/mol. The largest absolute Gasteiger partial charge is 0.493 e. The predicted molar refractivity (Wildman–Crippen MR) is 104 cm³/mol. The number of carbonyl (C=O) groups is 1. The van der Waals surface area contributed by atoms with Crippen molar-refractivity contribution >= 4 is 33.2 Å². The van der Waals surface area contributed by atoms with Crippen LogP contribution in [0.25, 0.3) is 0 Å². The number of halogens is 1. The second-order valence-corrected chi connectivity index (χ2v) is 7.72. The van der Waals surface area contributed by atoms with Crippen LogP contribution >= 0.6 is 11.6 Å². The molecule has 1 amide bonds. The molecule has 0 heterocycles. The topological polar surface area (TPSA) is 93.7 Å². The molecule has 0 fully saturated rings. The Hall–Kier alpha value is -2.13. The van der Waals surface area contributed by atoms with Crippen LogP contribution < -0.4 is 14.8 Å². The third kappa shape index (κ3) is 7.18. The maximum Gasteiger partial charge on any atom is 0.240 e. The molecular formula is C18H21ClN2O5S. The highest BCUT2D eigenvalue weighted by Crippen LogP contribution is 2.16.